The molecule has 4 rings (SSSR count). The molecule has 6 heteroatoms. The van der Waals surface area contributed by atoms with Crippen LogP contribution in [0.25, 0.3) is 16.7 Å². The SMILES string of the molecule is CC1=CCC(C=C2C(=O)Nc3cccc(-c4ccc(Br)cc4)c32)(C(=O)O)N1. The Morgan fingerprint density at radius 3 is 2.59 bits per heavy atom. The average molecular weight is 425 g/mol. The number of anilines is 1. The Kier molecular flexibility index (Phi) is 4.15. The summed E-state index contributed by atoms with van der Waals surface area (Å²) in [5.74, 6) is -1.30. The Labute approximate surface area is 164 Å². The molecule has 0 aliphatic carbocycles. The van der Waals surface area contributed by atoms with Gasteiger partial charge in [0, 0.05) is 33.4 Å². The summed E-state index contributed by atoms with van der Waals surface area (Å²) in [4.78, 5) is 24.7. The molecule has 2 heterocycles. The number of amides is 1. The van der Waals surface area contributed by atoms with E-state index in [9.17, 15) is 14.7 Å². The number of carbonyl (C=O) groups excluding carboxylic acids is 1. The first-order valence-electron chi connectivity index (χ1n) is 8.51. The molecule has 2 aliphatic heterocycles. The largest absolute Gasteiger partial charge is 0.479 e. The van der Waals surface area contributed by atoms with Gasteiger partial charge in [-0.15, -0.1) is 0 Å². The third kappa shape index (κ3) is 2.96. The smallest absolute Gasteiger partial charge is 0.333 e. The minimum absolute atomic E-state index is 0.290. The molecule has 1 unspecified atom stereocenters. The molecule has 1 amide bonds. The van der Waals surface area contributed by atoms with Gasteiger partial charge >= 0.3 is 5.97 Å². The zero-order valence-corrected chi connectivity index (χ0v) is 16.1. The van der Waals surface area contributed by atoms with Crippen LogP contribution in [0.3, 0.4) is 0 Å². The van der Waals surface area contributed by atoms with Gasteiger partial charge < -0.3 is 15.7 Å². The number of carboxylic acid groups (broad SMARTS) is 1. The molecule has 3 N–H and O–H groups in total. The molecule has 0 saturated carbocycles. The molecule has 2 aromatic carbocycles. The van der Waals surface area contributed by atoms with E-state index in [2.05, 4.69) is 26.6 Å². The maximum absolute atomic E-state index is 12.7. The Morgan fingerprint density at radius 1 is 1.22 bits per heavy atom. The van der Waals surface area contributed by atoms with Gasteiger partial charge in [0.15, 0.2) is 5.54 Å². The lowest BCUT2D eigenvalue weighted by Gasteiger charge is -2.23. The van der Waals surface area contributed by atoms with E-state index in [0.29, 0.717) is 17.7 Å². The Bertz CT molecular complexity index is 1020. The van der Waals surface area contributed by atoms with E-state index in [1.54, 1.807) is 6.08 Å². The highest BCUT2D eigenvalue weighted by molar-refractivity contribution is 9.10. The number of rotatable bonds is 3. The molecule has 0 saturated heterocycles. The highest BCUT2D eigenvalue weighted by atomic mass is 79.9. The molecule has 2 aromatic rings. The Hall–Kier alpha value is -2.86. The van der Waals surface area contributed by atoms with Crippen molar-refractivity contribution in [1.29, 1.82) is 0 Å². The van der Waals surface area contributed by atoms with E-state index in [4.69, 9.17) is 0 Å². The van der Waals surface area contributed by atoms with E-state index in [1.165, 1.54) is 0 Å². The minimum Gasteiger partial charge on any atom is -0.479 e. The summed E-state index contributed by atoms with van der Waals surface area (Å²) in [5, 5.41) is 15.7. The quantitative estimate of drug-likeness (QED) is 0.645. The lowest BCUT2D eigenvalue weighted by Crippen LogP contribution is -2.46. The lowest BCUT2D eigenvalue weighted by atomic mass is 9.89. The normalized spacial score (nSPS) is 22.2. The fourth-order valence-electron chi connectivity index (χ4n) is 3.57. The van der Waals surface area contributed by atoms with Crippen molar-refractivity contribution in [2.45, 2.75) is 18.9 Å². The van der Waals surface area contributed by atoms with Crippen LogP contribution in [0.2, 0.25) is 0 Å². The summed E-state index contributed by atoms with van der Waals surface area (Å²) in [7, 11) is 0. The maximum Gasteiger partial charge on any atom is 0.333 e. The van der Waals surface area contributed by atoms with Crippen LogP contribution in [-0.4, -0.2) is 22.5 Å². The summed E-state index contributed by atoms with van der Waals surface area (Å²) in [6.07, 6.45) is 3.67. The molecular formula is C21H17BrN2O3. The highest BCUT2D eigenvalue weighted by Gasteiger charge is 2.41. The molecular weight excluding hydrogens is 408 g/mol. The molecule has 1 atom stereocenters. The second kappa shape index (κ2) is 6.39. The van der Waals surface area contributed by atoms with Crippen molar-refractivity contribution >= 4 is 39.1 Å². The number of nitrogens with one attached hydrogen (secondary N) is 2. The molecule has 0 aromatic heterocycles. The van der Waals surface area contributed by atoms with Gasteiger partial charge in [0.1, 0.15) is 0 Å². The first-order chi connectivity index (χ1) is 12.9. The first-order valence-corrected chi connectivity index (χ1v) is 9.31. The van der Waals surface area contributed by atoms with Crippen molar-refractivity contribution in [3.8, 4) is 11.1 Å². The molecule has 0 radical (unpaired) electrons. The molecule has 0 spiro atoms. The third-order valence-corrected chi connectivity index (χ3v) is 5.43. The van der Waals surface area contributed by atoms with Crippen LogP contribution in [0.5, 0.6) is 0 Å². The summed E-state index contributed by atoms with van der Waals surface area (Å²) in [6, 6.07) is 13.5. The van der Waals surface area contributed by atoms with E-state index in [0.717, 1.165) is 26.9 Å². The van der Waals surface area contributed by atoms with E-state index in [1.807, 2.05) is 55.5 Å². The van der Waals surface area contributed by atoms with Crippen LogP contribution in [0, 0.1) is 0 Å². The van der Waals surface area contributed by atoms with Gasteiger partial charge in [0.2, 0.25) is 0 Å². The van der Waals surface area contributed by atoms with Crippen LogP contribution < -0.4 is 10.6 Å². The average Bonchev–Trinajstić information content (AvgIpc) is 3.17. The summed E-state index contributed by atoms with van der Waals surface area (Å²) >= 11 is 3.43. The van der Waals surface area contributed by atoms with Crippen LogP contribution in [0.1, 0.15) is 18.9 Å². The van der Waals surface area contributed by atoms with Crippen molar-refractivity contribution in [1.82, 2.24) is 5.32 Å². The zero-order valence-electron chi connectivity index (χ0n) is 14.5. The molecule has 27 heavy (non-hydrogen) atoms. The highest BCUT2D eigenvalue weighted by Crippen LogP contribution is 2.41. The molecule has 136 valence electrons. The van der Waals surface area contributed by atoms with Gasteiger partial charge in [0.05, 0.1) is 0 Å². The number of hydrogen-bond donors (Lipinski definition) is 3. The first kappa shape index (κ1) is 17.5. The summed E-state index contributed by atoms with van der Waals surface area (Å²) in [6.45, 7) is 1.82. The number of carboxylic acids is 1. The third-order valence-electron chi connectivity index (χ3n) is 4.90. The molecule has 5 nitrogen and oxygen atoms in total. The molecule has 2 aliphatic rings. The van der Waals surface area contributed by atoms with E-state index in [-0.39, 0.29) is 5.91 Å². The number of allylic oxidation sites excluding steroid dienone is 1. The van der Waals surface area contributed by atoms with Crippen LogP contribution >= 0.6 is 15.9 Å². The van der Waals surface area contributed by atoms with Crippen molar-refractivity contribution in [3.63, 3.8) is 0 Å². The number of hydrogen-bond acceptors (Lipinski definition) is 3. The van der Waals surface area contributed by atoms with Gasteiger partial charge in [-0.2, -0.15) is 0 Å². The standard InChI is InChI=1S/C21H17BrN2O3/c1-12-9-10-21(24-12,20(26)27)11-16-18-15(13-5-7-14(22)8-6-13)3-2-4-17(18)23-19(16)25/h2-9,11,24H,10H2,1H3,(H,23,25)(H,26,27). The number of carbonyl (C=O) groups is 2. The maximum atomic E-state index is 12.7. The summed E-state index contributed by atoms with van der Waals surface area (Å²) < 4.78 is 0.963. The predicted octanol–water partition coefficient (Wildman–Crippen LogP) is 4.17. The topological polar surface area (TPSA) is 78.4 Å². The van der Waals surface area contributed by atoms with Gasteiger partial charge in [-0.3, -0.25) is 4.79 Å². The van der Waals surface area contributed by atoms with Crippen molar-refractivity contribution in [3.05, 3.63) is 70.3 Å². The van der Waals surface area contributed by atoms with E-state index < -0.39 is 11.5 Å². The Balaban J connectivity index is 1.88. The number of halogens is 1. The van der Waals surface area contributed by atoms with Crippen molar-refractivity contribution in [2.24, 2.45) is 0 Å². The fraction of sp³-hybridized carbons (Fsp3) is 0.143. The second-order valence-corrected chi connectivity index (χ2v) is 7.66. The zero-order chi connectivity index (χ0) is 19.2. The molecule has 0 fully saturated rings. The molecule has 0 bridgehead atoms. The minimum atomic E-state index is -1.31. The van der Waals surface area contributed by atoms with Crippen molar-refractivity contribution in [2.75, 3.05) is 5.32 Å². The van der Waals surface area contributed by atoms with Gasteiger partial charge in [-0.1, -0.05) is 46.3 Å². The van der Waals surface area contributed by atoms with E-state index >= 15 is 0 Å². The van der Waals surface area contributed by atoms with Gasteiger partial charge in [-0.25, -0.2) is 4.79 Å². The van der Waals surface area contributed by atoms with Crippen molar-refractivity contribution < 1.29 is 14.7 Å². The monoisotopic (exact) mass is 424 g/mol. The number of benzene rings is 2. The fourth-order valence-corrected chi connectivity index (χ4v) is 3.83. The number of fused-ring (bicyclic) bond motifs is 1. The summed E-state index contributed by atoms with van der Waals surface area (Å²) in [5.41, 5.74) is 3.11. The van der Waals surface area contributed by atoms with Gasteiger partial charge in [-0.05, 0) is 42.3 Å². The van der Waals surface area contributed by atoms with Crippen LogP contribution in [0.15, 0.2) is 64.8 Å². The lowest BCUT2D eigenvalue weighted by molar-refractivity contribution is -0.142. The Morgan fingerprint density at radius 2 is 1.96 bits per heavy atom. The number of aliphatic carboxylic acids is 1. The van der Waals surface area contributed by atoms with Crippen LogP contribution in [0.4, 0.5) is 5.69 Å². The van der Waals surface area contributed by atoms with Crippen LogP contribution in [-0.2, 0) is 9.59 Å². The second-order valence-electron chi connectivity index (χ2n) is 6.74. The predicted molar refractivity (Wildman–Crippen MR) is 108 cm³/mol. The van der Waals surface area contributed by atoms with Gasteiger partial charge in [0.25, 0.3) is 5.91 Å².